The monoisotopic (exact) mass is 324 g/mol. The van der Waals surface area contributed by atoms with Crippen molar-refractivity contribution in [3.63, 3.8) is 0 Å². The van der Waals surface area contributed by atoms with Gasteiger partial charge in [0.1, 0.15) is 0 Å². The van der Waals surface area contributed by atoms with Crippen LogP contribution in [0.4, 0.5) is 11.4 Å². The number of para-hydroxylation sites is 2. The first-order valence-electron chi connectivity index (χ1n) is 8.08. The number of rotatable bonds is 5. The van der Waals surface area contributed by atoms with E-state index < -0.39 is 5.97 Å². The number of anilines is 2. The molecule has 3 rings (SSSR count). The Balaban J connectivity index is 1.70. The van der Waals surface area contributed by atoms with Gasteiger partial charge in [0, 0.05) is 11.7 Å². The first kappa shape index (κ1) is 16.1. The van der Waals surface area contributed by atoms with Crippen LogP contribution in [0.15, 0.2) is 54.6 Å². The van der Waals surface area contributed by atoms with E-state index in [9.17, 15) is 9.59 Å². The van der Waals surface area contributed by atoms with E-state index in [0.717, 1.165) is 11.4 Å². The van der Waals surface area contributed by atoms with Gasteiger partial charge in [-0.2, -0.15) is 0 Å². The lowest BCUT2D eigenvalue weighted by Gasteiger charge is -2.15. The Kier molecular flexibility index (Phi) is 4.79. The average Bonchev–Trinajstić information content (AvgIpc) is 3.05. The Morgan fingerprint density at radius 3 is 2.38 bits per heavy atom. The van der Waals surface area contributed by atoms with Crippen molar-refractivity contribution in [1.29, 1.82) is 0 Å². The second kappa shape index (κ2) is 7.17. The minimum absolute atomic E-state index is 0.0802. The van der Waals surface area contributed by atoms with Crippen molar-refractivity contribution in [2.45, 2.75) is 25.3 Å². The molecule has 2 aromatic carbocycles. The molecule has 0 aliphatic heterocycles. The summed E-state index contributed by atoms with van der Waals surface area (Å²) in [5.41, 5.74) is 2.19. The van der Waals surface area contributed by atoms with E-state index in [0.29, 0.717) is 24.8 Å². The SMILES string of the molecule is O=C(N[C@@H]1CC[C@H](C(=O)O)C1)c1ccccc1Nc1ccccc1. The number of hydrogen-bond acceptors (Lipinski definition) is 3. The highest BCUT2D eigenvalue weighted by Gasteiger charge is 2.30. The molecule has 1 saturated carbocycles. The summed E-state index contributed by atoms with van der Waals surface area (Å²) in [5, 5.41) is 15.3. The molecular formula is C19H20N2O3. The molecule has 0 radical (unpaired) electrons. The molecule has 2 aromatic rings. The van der Waals surface area contributed by atoms with Crippen molar-refractivity contribution in [3.05, 3.63) is 60.2 Å². The molecule has 1 aliphatic carbocycles. The van der Waals surface area contributed by atoms with Crippen LogP contribution in [0.3, 0.4) is 0 Å². The fourth-order valence-corrected chi connectivity index (χ4v) is 3.07. The van der Waals surface area contributed by atoms with Crippen molar-refractivity contribution in [3.8, 4) is 0 Å². The maximum Gasteiger partial charge on any atom is 0.306 e. The summed E-state index contributed by atoms with van der Waals surface area (Å²) in [6.45, 7) is 0. The van der Waals surface area contributed by atoms with Gasteiger partial charge in [0.05, 0.1) is 17.2 Å². The van der Waals surface area contributed by atoms with E-state index in [1.165, 1.54) is 0 Å². The zero-order chi connectivity index (χ0) is 16.9. The number of carboxylic acids is 1. The van der Waals surface area contributed by atoms with Gasteiger partial charge in [0.15, 0.2) is 0 Å². The zero-order valence-electron chi connectivity index (χ0n) is 13.2. The number of carbonyl (C=O) groups excluding carboxylic acids is 1. The van der Waals surface area contributed by atoms with Gasteiger partial charge < -0.3 is 15.7 Å². The van der Waals surface area contributed by atoms with E-state index >= 15 is 0 Å². The zero-order valence-corrected chi connectivity index (χ0v) is 13.2. The predicted molar refractivity (Wildman–Crippen MR) is 92.4 cm³/mol. The lowest BCUT2D eigenvalue weighted by Crippen LogP contribution is -2.33. The van der Waals surface area contributed by atoms with E-state index in [-0.39, 0.29) is 17.9 Å². The molecule has 1 aliphatic rings. The van der Waals surface area contributed by atoms with Crippen LogP contribution in [0.1, 0.15) is 29.6 Å². The molecule has 5 heteroatoms. The van der Waals surface area contributed by atoms with Crippen LogP contribution >= 0.6 is 0 Å². The highest BCUT2D eigenvalue weighted by atomic mass is 16.4. The molecular weight excluding hydrogens is 304 g/mol. The molecule has 124 valence electrons. The second-order valence-corrected chi connectivity index (χ2v) is 6.06. The van der Waals surface area contributed by atoms with Crippen molar-refractivity contribution >= 4 is 23.3 Å². The standard InChI is InChI=1S/C19H20N2O3/c22-18(21-15-11-10-13(12-15)19(23)24)16-8-4-5-9-17(16)20-14-6-2-1-3-7-14/h1-9,13,15,20H,10-12H2,(H,21,22)(H,23,24)/t13-,15+/m0/s1. The molecule has 24 heavy (non-hydrogen) atoms. The van der Waals surface area contributed by atoms with Gasteiger partial charge in [-0.3, -0.25) is 9.59 Å². The molecule has 1 fully saturated rings. The summed E-state index contributed by atoms with van der Waals surface area (Å²) < 4.78 is 0. The summed E-state index contributed by atoms with van der Waals surface area (Å²) in [6.07, 6.45) is 1.82. The molecule has 1 amide bonds. The maximum atomic E-state index is 12.6. The molecule has 5 nitrogen and oxygen atoms in total. The molecule has 0 unspecified atom stereocenters. The highest BCUT2D eigenvalue weighted by molar-refractivity contribution is 6.00. The van der Waals surface area contributed by atoms with Crippen LogP contribution in [-0.2, 0) is 4.79 Å². The lowest BCUT2D eigenvalue weighted by atomic mass is 10.1. The maximum absolute atomic E-state index is 12.6. The normalized spacial score (nSPS) is 19.7. The van der Waals surface area contributed by atoms with Gasteiger partial charge in [-0.25, -0.2) is 0 Å². The van der Waals surface area contributed by atoms with Gasteiger partial charge >= 0.3 is 5.97 Å². The van der Waals surface area contributed by atoms with Crippen LogP contribution in [0.5, 0.6) is 0 Å². The predicted octanol–water partition coefficient (Wildman–Crippen LogP) is 3.41. The van der Waals surface area contributed by atoms with E-state index in [2.05, 4.69) is 10.6 Å². The van der Waals surface area contributed by atoms with Crippen LogP contribution < -0.4 is 10.6 Å². The van der Waals surface area contributed by atoms with Crippen molar-refractivity contribution < 1.29 is 14.7 Å². The van der Waals surface area contributed by atoms with Crippen LogP contribution in [0.2, 0.25) is 0 Å². The summed E-state index contributed by atoms with van der Waals surface area (Å²) in [6, 6.07) is 16.9. The smallest absolute Gasteiger partial charge is 0.306 e. The minimum atomic E-state index is -0.780. The van der Waals surface area contributed by atoms with E-state index in [4.69, 9.17) is 5.11 Å². The third kappa shape index (κ3) is 3.74. The second-order valence-electron chi connectivity index (χ2n) is 6.06. The summed E-state index contributed by atoms with van der Waals surface area (Å²) >= 11 is 0. The molecule has 0 heterocycles. The Labute approximate surface area is 140 Å². The summed E-state index contributed by atoms with van der Waals surface area (Å²) in [7, 11) is 0. The fraction of sp³-hybridized carbons (Fsp3) is 0.263. The van der Waals surface area contributed by atoms with Gasteiger partial charge in [0.2, 0.25) is 0 Å². The number of amides is 1. The van der Waals surface area contributed by atoms with Crippen LogP contribution in [0, 0.1) is 5.92 Å². The quantitative estimate of drug-likeness (QED) is 0.787. The Hall–Kier alpha value is -2.82. The molecule has 3 N–H and O–H groups in total. The number of carboxylic acid groups (broad SMARTS) is 1. The number of aliphatic carboxylic acids is 1. The third-order valence-electron chi connectivity index (χ3n) is 4.34. The van der Waals surface area contributed by atoms with Crippen molar-refractivity contribution in [2.24, 2.45) is 5.92 Å². The Morgan fingerprint density at radius 2 is 1.67 bits per heavy atom. The van der Waals surface area contributed by atoms with E-state index in [1.54, 1.807) is 6.07 Å². The molecule has 0 saturated heterocycles. The Morgan fingerprint density at radius 1 is 0.958 bits per heavy atom. The largest absolute Gasteiger partial charge is 0.481 e. The van der Waals surface area contributed by atoms with Crippen LogP contribution in [-0.4, -0.2) is 23.0 Å². The Bertz CT molecular complexity index is 730. The molecule has 0 aromatic heterocycles. The van der Waals surface area contributed by atoms with Gasteiger partial charge in [0.25, 0.3) is 5.91 Å². The fourth-order valence-electron chi connectivity index (χ4n) is 3.07. The number of benzene rings is 2. The van der Waals surface area contributed by atoms with Gasteiger partial charge in [-0.1, -0.05) is 30.3 Å². The van der Waals surface area contributed by atoms with Gasteiger partial charge in [-0.15, -0.1) is 0 Å². The van der Waals surface area contributed by atoms with Crippen molar-refractivity contribution in [1.82, 2.24) is 5.32 Å². The molecule has 2 atom stereocenters. The molecule has 0 spiro atoms. The van der Waals surface area contributed by atoms with Gasteiger partial charge in [-0.05, 0) is 43.5 Å². The first-order chi connectivity index (χ1) is 11.6. The average molecular weight is 324 g/mol. The third-order valence-corrected chi connectivity index (χ3v) is 4.34. The number of nitrogens with one attached hydrogen (secondary N) is 2. The minimum Gasteiger partial charge on any atom is -0.481 e. The summed E-state index contributed by atoms with van der Waals surface area (Å²) in [5.74, 6) is -1.31. The number of carbonyl (C=O) groups is 2. The molecule has 0 bridgehead atoms. The van der Waals surface area contributed by atoms with Crippen LogP contribution in [0.25, 0.3) is 0 Å². The highest BCUT2D eigenvalue weighted by Crippen LogP contribution is 2.27. The number of hydrogen-bond donors (Lipinski definition) is 3. The van der Waals surface area contributed by atoms with E-state index in [1.807, 2.05) is 48.5 Å². The van der Waals surface area contributed by atoms with Crippen molar-refractivity contribution in [2.75, 3.05) is 5.32 Å². The topological polar surface area (TPSA) is 78.4 Å². The lowest BCUT2D eigenvalue weighted by molar-refractivity contribution is -0.141. The first-order valence-corrected chi connectivity index (χ1v) is 8.08. The summed E-state index contributed by atoms with van der Waals surface area (Å²) in [4.78, 5) is 23.6.